The Morgan fingerprint density at radius 1 is 1.61 bits per heavy atom. The lowest BCUT2D eigenvalue weighted by Crippen LogP contribution is -2.23. The van der Waals surface area contributed by atoms with Gasteiger partial charge in [-0.15, -0.1) is 5.10 Å². The second-order valence-electron chi connectivity index (χ2n) is 3.57. The summed E-state index contributed by atoms with van der Waals surface area (Å²) < 4.78 is 1.50. The van der Waals surface area contributed by atoms with Crippen LogP contribution >= 0.6 is 11.6 Å². The van der Waals surface area contributed by atoms with E-state index < -0.39 is 0 Å². The molecule has 2 aromatic heterocycles. The van der Waals surface area contributed by atoms with E-state index >= 15 is 0 Å². The summed E-state index contributed by atoms with van der Waals surface area (Å²) in [7, 11) is 0. The lowest BCUT2D eigenvalue weighted by atomic mass is 10.3. The molecule has 1 amide bonds. The van der Waals surface area contributed by atoms with Crippen LogP contribution in [0.5, 0.6) is 0 Å². The van der Waals surface area contributed by atoms with Crippen LogP contribution in [0.15, 0.2) is 24.5 Å². The fourth-order valence-corrected chi connectivity index (χ4v) is 1.57. The minimum atomic E-state index is -0.231. The third-order valence-electron chi connectivity index (χ3n) is 2.27. The number of rotatable bonds is 3. The van der Waals surface area contributed by atoms with Crippen molar-refractivity contribution in [1.82, 2.24) is 20.1 Å². The van der Waals surface area contributed by atoms with Gasteiger partial charge in [-0.25, -0.2) is 4.68 Å². The SMILES string of the molecule is CCNC(=O)c1cc(-n2cc(Cl)c(N)n2)ccn1. The summed E-state index contributed by atoms with van der Waals surface area (Å²) in [5, 5.41) is 7.07. The number of hydrogen-bond donors (Lipinski definition) is 2. The van der Waals surface area contributed by atoms with Crippen molar-refractivity contribution in [3.63, 3.8) is 0 Å². The molecule has 2 heterocycles. The molecule has 3 N–H and O–H groups in total. The molecule has 0 radical (unpaired) electrons. The fraction of sp³-hybridized carbons (Fsp3) is 0.182. The van der Waals surface area contributed by atoms with Gasteiger partial charge in [0.2, 0.25) is 0 Å². The van der Waals surface area contributed by atoms with Gasteiger partial charge in [-0.3, -0.25) is 9.78 Å². The average molecular weight is 266 g/mol. The van der Waals surface area contributed by atoms with Crippen molar-refractivity contribution in [1.29, 1.82) is 0 Å². The summed E-state index contributed by atoms with van der Waals surface area (Å²) >= 11 is 5.83. The second-order valence-corrected chi connectivity index (χ2v) is 3.97. The number of hydrogen-bond acceptors (Lipinski definition) is 4. The lowest BCUT2D eigenvalue weighted by molar-refractivity contribution is 0.0951. The topological polar surface area (TPSA) is 85.8 Å². The van der Waals surface area contributed by atoms with E-state index in [-0.39, 0.29) is 11.7 Å². The summed E-state index contributed by atoms with van der Waals surface area (Å²) in [6.07, 6.45) is 3.11. The van der Waals surface area contributed by atoms with Gasteiger partial charge >= 0.3 is 0 Å². The molecule has 0 unspecified atom stereocenters. The molecule has 0 aliphatic rings. The number of nitrogens with one attached hydrogen (secondary N) is 1. The van der Waals surface area contributed by atoms with Gasteiger partial charge in [0.25, 0.3) is 5.91 Å². The Morgan fingerprint density at radius 3 is 3.00 bits per heavy atom. The minimum Gasteiger partial charge on any atom is -0.381 e. The Bertz CT molecular complexity index is 561. The molecule has 0 aliphatic heterocycles. The van der Waals surface area contributed by atoms with Crippen molar-refractivity contribution < 1.29 is 4.79 Å². The third-order valence-corrected chi connectivity index (χ3v) is 2.57. The monoisotopic (exact) mass is 265 g/mol. The highest BCUT2D eigenvalue weighted by Crippen LogP contribution is 2.18. The molecule has 0 aromatic carbocycles. The maximum absolute atomic E-state index is 11.6. The van der Waals surface area contributed by atoms with Gasteiger partial charge in [0.05, 0.1) is 11.9 Å². The number of nitrogens with two attached hydrogens (primary N) is 1. The Morgan fingerprint density at radius 2 is 2.39 bits per heavy atom. The number of nitrogens with zero attached hydrogens (tertiary/aromatic N) is 3. The smallest absolute Gasteiger partial charge is 0.269 e. The van der Waals surface area contributed by atoms with Gasteiger partial charge in [0.1, 0.15) is 10.7 Å². The number of amides is 1. The van der Waals surface area contributed by atoms with Crippen molar-refractivity contribution in [3.05, 3.63) is 35.2 Å². The molecule has 2 rings (SSSR count). The van der Waals surface area contributed by atoms with Crippen molar-refractivity contribution in [2.24, 2.45) is 0 Å². The summed E-state index contributed by atoms with van der Waals surface area (Å²) in [5.74, 6) is 0.0126. The second kappa shape index (κ2) is 5.05. The minimum absolute atomic E-state index is 0.231. The van der Waals surface area contributed by atoms with Gasteiger partial charge < -0.3 is 11.1 Å². The van der Waals surface area contributed by atoms with E-state index in [4.69, 9.17) is 17.3 Å². The van der Waals surface area contributed by atoms with E-state index in [0.717, 1.165) is 0 Å². The third kappa shape index (κ3) is 2.43. The van der Waals surface area contributed by atoms with E-state index in [1.807, 2.05) is 6.92 Å². The highest BCUT2D eigenvalue weighted by atomic mass is 35.5. The first-order valence-corrected chi connectivity index (χ1v) is 5.75. The number of carbonyl (C=O) groups excluding carboxylic acids is 1. The average Bonchev–Trinajstić information content (AvgIpc) is 2.70. The molecule has 0 saturated carbocycles. The van der Waals surface area contributed by atoms with Crippen LogP contribution in [0.1, 0.15) is 17.4 Å². The van der Waals surface area contributed by atoms with Crippen LogP contribution < -0.4 is 11.1 Å². The van der Waals surface area contributed by atoms with Gasteiger partial charge in [-0.05, 0) is 19.1 Å². The maximum Gasteiger partial charge on any atom is 0.269 e. The molecule has 0 atom stereocenters. The Hall–Kier alpha value is -2.08. The molecule has 7 heteroatoms. The molecule has 0 aliphatic carbocycles. The van der Waals surface area contributed by atoms with Crippen molar-refractivity contribution >= 4 is 23.3 Å². The molecular formula is C11H12ClN5O. The summed E-state index contributed by atoms with van der Waals surface area (Å²) in [4.78, 5) is 15.6. The van der Waals surface area contributed by atoms with Gasteiger partial charge in [-0.2, -0.15) is 0 Å². The molecule has 0 saturated heterocycles. The van der Waals surface area contributed by atoms with Crippen molar-refractivity contribution in [2.75, 3.05) is 12.3 Å². The maximum atomic E-state index is 11.6. The molecule has 18 heavy (non-hydrogen) atoms. The zero-order valence-corrected chi connectivity index (χ0v) is 10.5. The standard InChI is InChI=1S/C11H12ClN5O/c1-2-14-11(18)9-5-7(3-4-15-9)17-6-8(12)10(13)16-17/h3-6H,2H2,1H3,(H2,13,16)(H,14,18). The van der Waals surface area contributed by atoms with Crippen LogP contribution in [0.2, 0.25) is 5.02 Å². The van der Waals surface area contributed by atoms with E-state index in [9.17, 15) is 4.79 Å². The first-order chi connectivity index (χ1) is 8.61. The number of aromatic nitrogens is 3. The first-order valence-electron chi connectivity index (χ1n) is 5.37. The van der Waals surface area contributed by atoms with Crippen LogP contribution in [0.3, 0.4) is 0 Å². The number of carbonyl (C=O) groups is 1. The van der Waals surface area contributed by atoms with Gasteiger partial charge in [0, 0.05) is 12.7 Å². The molecule has 0 fully saturated rings. The zero-order valence-electron chi connectivity index (χ0n) is 9.72. The quantitative estimate of drug-likeness (QED) is 0.875. The Balaban J connectivity index is 2.35. The summed E-state index contributed by atoms with van der Waals surface area (Å²) in [6.45, 7) is 2.39. The molecular weight excluding hydrogens is 254 g/mol. The van der Waals surface area contributed by atoms with Crippen LogP contribution in [0, 0.1) is 0 Å². The Kier molecular flexibility index (Phi) is 3.47. The van der Waals surface area contributed by atoms with Crippen molar-refractivity contribution in [3.8, 4) is 5.69 Å². The van der Waals surface area contributed by atoms with E-state index in [2.05, 4.69) is 15.4 Å². The number of halogens is 1. The first kappa shape index (κ1) is 12.4. The Labute approximate surface area is 109 Å². The zero-order chi connectivity index (χ0) is 13.1. The molecule has 0 spiro atoms. The number of nitrogen functional groups attached to an aromatic ring is 1. The molecule has 2 aromatic rings. The molecule has 94 valence electrons. The van der Waals surface area contributed by atoms with Crippen LogP contribution in [-0.4, -0.2) is 27.2 Å². The largest absolute Gasteiger partial charge is 0.381 e. The van der Waals surface area contributed by atoms with Crippen LogP contribution in [-0.2, 0) is 0 Å². The molecule has 0 bridgehead atoms. The van der Waals surface area contributed by atoms with Crippen LogP contribution in [0.4, 0.5) is 5.82 Å². The highest BCUT2D eigenvalue weighted by Gasteiger charge is 2.09. The van der Waals surface area contributed by atoms with Crippen molar-refractivity contribution in [2.45, 2.75) is 6.92 Å². The predicted molar refractivity (Wildman–Crippen MR) is 68.8 cm³/mol. The highest BCUT2D eigenvalue weighted by molar-refractivity contribution is 6.32. The normalized spacial score (nSPS) is 10.3. The summed E-state index contributed by atoms with van der Waals surface area (Å²) in [5.41, 5.74) is 6.55. The van der Waals surface area contributed by atoms with E-state index in [0.29, 0.717) is 22.9 Å². The van der Waals surface area contributed by atoms with E-state index in [1.54, 1.807) is 18.3 Å². The van der Waals surface area contributed by atoms with E-state index in [1.165, 1.54) is 10.9 Å². The fourth-order valence-electron chi connectivity index (χ4n) is 1.44. The molecule has 6 nitrogen and oxygen atoms in total. The number of pyridine rings is 1. The van der Waals surface area contributed by atoms with Crippen LogP contribution in [0.25, 0.3) is 5.69 Å². The number of anilines is 1. The lowest BCUT2D eigenvalue weighted by Gasteiger charge is -2.04. The van der Waals surface area contributed by atoms with Gasteiger partial charge in [-0.1, -0.05) is 11.6 Å². The predicted octanol–water partition coefficient (Wildman–Crippen LogP) is 1.25. The summed E-state index contributed by atoms with van der Waals surface area (Å²) in [6, 6.07) is 3.33. The van der Waals surface area contributed by atoms with Gasteiger partial charge in [0.15, 0.2) is 5.82 Å².